The third-order valence-electron chi connectivity index (χ3n) is 3.32. The van der Waals surface area contributed by atoms with E-state index >= 15 is 0 Å². The van der Waals surface area contributed by atoms with Gasteiger partial charge in [0.1, 0.15) is 4.90 Å². The Bertz CT molecular complexity index is 564. The van der Waals surface area contributed by atoms with Gasteiger partial charge in [-0.15, -0.1) is 0 Å². The molecule has 0 spiro atoms. The average Bonchev–Trinajstić information content (AvgIpc) is 2.70. The second-order valence-electron chi connectivity index (χ2n) is 5.43. The third-order valence-corrected chi connectivity index (χ3v) is 6.43. The summed E-state index contributed by atoms with van der Waals surface area (Å²) in [6.07, 6.45) is 1.65. The summed E-state index contributed by atoms with van der Waals surface area (Å²) in [4.78, 5) is 0.346. The molecule has 19 heavy (non-hydrogen) atoms. The van der Waals surface area contributed by atoms with Crippen molar-refractivity contribution in [3.63, 3.8) is 0 Å². The van der Waals surface area contributed by atoms with Crippen molar-refractivity contribution in [2.24, 2.45) is 12.8 Å². The summed E-state index contributed by atoms with van der Waals surface area (Å²) in [5, 5.41) is 0. The molecular weight excluding hydrogens is 282 g/mol. The Morgan fingerprint density at radius 1 is 1.47 bits per heavy atom. The maximum absolute atomic E-state index is 12.6. The number of hydrogen-bond donors (Lipinski definition) is 1. The van der Waals surface area contributed by atoms with E-state index in [-0.39, 0.29) is 4.75 Å². The molecule has 5 nitrogen and oxygen atoms in total. The molecule has 2 heterocycles. The Balaban J connectivity index is 2.31. The van der Waals surface area contributed by atoms with Gasteiger partial charge in [-0.25, -0.2) is 8.42 Å². The van der Waals surface area contributed by atoms with E-state index in [1.165, 1.54) is 0 Å². The molecule has 108 valence electrons. The van der Waals surface area contributed by atoms with E-state index in [0.717, 1.165) is 11.4 Å². The summed E-state index contributed by atoms with van der Waals surface area (Å²) >= 11 is 1.82. The normalized spacial score (nSPS) is 20.6. The standard InChI is InChI=1S/C12H21N3O2S2/c1-12(2)9-15(4-5-18-12)19(16,17)11-6-10(7-13)14(3)8-11/h6,8H,4-5,7,9,13H2,1-3H3. The van der Waals surface area contributed by atoms with Gasteiger partial charge in [-0.1, -0.05) is 0 Å². The first kappa shape index (κ1) is 14.9. The predicted molar refractivity (Wildman–Crippen MR) is 78.6 cm³/mol. The highest BCUT2D eigenvalue weighted by Crippen LogP contribution is 2.32. The van der Waals surface area contributed by atoms with Crippen LogP contribution in [0.4, 0.5) is 0 Å². The lowest BCUT2D eigenvalue weighted by Gasteiger charge is -2.36. The highest BCUT2D eigenvalue weighted by molar-refractivity contribution is 8.00. The molecule has 0 aromatic carbocycles. The minimum Gasteiger partial charge on any atom is -0.352 e. The average molecular weight is 303 g/mol. The zero-order valence-electron chi connectivity index (χ0n) is 11.6. The van der Waals surface area contributed by atoms with E-state index in [1.807, 2.05) is 18.8 Å². The number of aromatic nitrogens is 1. The van der Waals surface area contributed by atoms with Crippen LogP contribution in [0.5, 0.6) is 0 Å². The van der Waals surface area contributed by atoms with Gasteiger partial charge in [0.05, 0.1) is 0 Å². The second-order valence-corrected chi connectivity index (χ2v) is 9.17. The van der Waals surface area contributed by atoms with Crippen LogP contribution in [-0.2, 0) is 23.6 Å². The SMILES string of the molecule is Cn1cc(S(=O)(=O)N2CCSC(C)(C)C2)cc1CN. The quantitative estimate of drug-likeness (QED) is 0.904. The Morgan fingerprint density at radius 3 is 2.68 bits per heavy atom. The minimum atomic E-state index is -3.40. The van der Waals surface area contributed by atoms with Gasteiger partial charge in [-0.3, -0.25) is 0 Å². The van der Waals surface area contributed by atoms with Gasteiger partial charge in [0.15, 0.2) is 0 Å². The van der Waals surface area contributed by atoms with E-state index in [1.54, 1.807) is 21.1 Å². The molecule has 0 atom stereocenters. The number of nitrogens with zero attached hydrogens (tertiary/aromatic N) is 2. The van der Waals surface area contributed by atoms with Crippen molar-refractivity contribution in [2.75, 3.05) is 18.8 Å². The number of hydrogen-bond acceptors (Lipinski definition) is 4. The van der Waals surface area contributed by atoms with Crippen molar-refractivity contribution in [1.29, 1.82) is 0 Å². The topological polar surface area (TPSA) is 68.3 Å². The van der Waals surface area contributed by atoms with Gasteiger partial charge >= 0.3 is 0 Å². The molecule has 2 rings (SSSR count). The summed E-state index contributed by atoms with van der Waals surface area (Å²) < 4.78 is 28.6. The van der Waals surface area contributed by atoms with Crippen LogP contribution in [0.25, 0.3) is 0 Å². The molecular formula is C12H21N3O2S2. The summed E-state index contributed by atoms with van der Waals surface area (Å²) in [5.41, 5.74) is 6.42. The molecule has 1 fully saturated rings. The second kappa shape index (κ2) is 5.12. The van der Waals surface area contributed by atoms with Crippen LogP contribution in [0.1, 0.15) is 19.5 Å². The molecule has 0 saturated carbocycles. The first-order valence-corrected chi connectivity index (χ1v) is 8.68. The Labute approximate surface area is 119 Å². The monoisotopic (exact) mass is 303 g/mol. The molecule has 0 unspecified atom stereocenters. The van der Waals surface area contributed by atoms with Crippen LogP contribution in [0.2, 0.25) is 0 Å². The van der Waals surface area contributed by atoms with Gasteiger partial charge < -0.3 is 10.3 Å². The van der Waals surface area contributed by atoms with E-state index in [9.17, 15) is 8.42 Å². The fourth-order valence-corrected chi connectivity index (χ4v) is 5.26. The fourth-order valence-electron chi connectivity index (χ4n) is 2.25. The highest BCUT2D eigenvalue weighted by atomic mass is 32.2. The van der Waals surface area contributed by atoms with E-state index in [0.29, 0.717) is 24.5 Å². The largest absolute Gasteiger partial charge is 0.352 e. The lowest BCUT2D eigenvalue weighted by molar-refractivity contribution is 0.387. The van der Waals surface area contributed by atoms with Crippen LogP contribution < -0.4 is 5.73 Å². The summed E-state index contributed by atoms with van der Waals surface area (Å²) in [6.45, 7) is 5.62. The highest BCUT2D eigenvalue weighted by Gasteiger charge is 2.35. The summed E-state index contributed by atoms with van der Waals surface area (Å²) in [7, 11) is -1.58. The van der Waals surface area contributed by atoms with Crippen molar-refractivity contribution in [1.82, 2.24) is 8.87 Å². The zero-order chi connectivity index (χ0) is 14.3. The van der Waals surface area contributed by atoms with Crippen molar-refractivity contribution in [3.8, 4) is 0 Å². The third kappa shape index (κ3) is 2.99. The Hall–Kier alpha value is -0.500. The lowest BCUT2D eigenvalue weighted by Crippen LogP contribution is -2.45. The molecule has 1 aliphatic heterocycles. The number of rotatable bonds is 3. The summed E-state index contributed by atoms with van der Waals surface area (Å²) in [6, 6.07) is 1.67. The maximum atomic E-state index is 12.6. The first-order valence-electron chi connectivity index (χ1n) is 6.26. The zero-order valence-corrected chi connectivity index (χ0v) is 13.2. The summed E-state index contributed by atoms with van der Waals surface area (Å²) in [5.74, 6) is 0.836. The molecule has 0 radical (unpaired) electrons. The van der Waals surface area contributed by atoms with Gasteiger partial charge in [0.2, 0.25) is 10.0 Å². The van der Waals surface area contributed by atoms with Crippen LogP contribution in [0, 0.1) is 0 Å². The van der Waals surface area contributed by atoms with Crippen LogP contribution >= 0.6 is 11.8 Å². The fraction of sp³-hybridized carbons (Fsp3) is 0.667. The number of thioether (sulfide) groups is 1. The predicted octanol–water partition coefficient (Wildman–Crippen LogP) is 1.000. The first-order chi connectivity index (χ1) is 8.76. The number of nitrogens with two attached hydrogens (primary N) is 1. The van der Waals surface area contributed by atoms with E-state index in [4.69, 9.17) is 5.73 Å². The Morgan fingerprint density at radius 2 is 2.16 bits per heavy atom. The van der Waals surface area contributed by atoms with E-state index < -0.39 is 10.0 Å². The van der Waals surface area contributed by atoms with Crippen molar-refractivity contribution in [2.45, 2.75) is 30.0 Å². The molecule has 2 N–H and O–H groups in total. The van der Waals surface area contributed by atoms with Crippen molar-refractivity contribution >= 4 is 21.8 Å². The lowest BCUT2D eigenvalue weighted by atomic mass is 10.2. The number of sulfonamides is 1. The molecule has 1 aromatic heterocycles. The molecule has 1 saturated heterocycles. The van der Waals surface area contributed by atoms with Gasteiger partial charge in [0.25, 0.3) is 0 Å². The Kier molecular flexibility index (Phi) is 4.02. The van der Waals surface area contributed by atoms with Crippen LogP contribution in [-0.4, -0.2) is 40.9 Å². The van der Waals surface area contributed by atoms with Gasteiger partial charge in [-0.05, 0) is 19.9 Å². The van der Waals surface area contributed by atoms with Crippen molar-refractivity contribution < 1.29 is 8.42 Å². The molecule has 7 heteroatoms. The maximum Gasteiger partial charge on any atom is 0.244 e. The molecule has 1 aromatic rings. The number of aryl methyl sites for hydroxylation is 1. The molecule has 0 bridgehead atoms. The van der Waals surface area contributed by atoms with Gasteiger partial charge in [0, 0.05) is 49.1 Å². The smallest absolute Gasteiger partial charge is 0.244 e. The van der Waals surface area contributed by atoms with Crippen LogP contribution in [0.15, 0.2) is 17.2 Å². The van der Waals surface area contributed by atoms with Crippen LogP contribution in [0.3, 0.4) is 0 Å². The van der Waals surface area contributed by atoms with Gasteiger partial charge in [-0.2, -0.15) is 16.1 Å². The van der Waals surface area contributed by atoms with E-state index in [2.05, 4.69) is 13.8 Å². The van der Waals surface area contributed by atoms with Crippen molar-refractivity contribution in [3.05, 3.63) is 18.0 Å². The minimum absolute atomic E-state index is 0.0310. The molecule has 0 amide bonds. The molecule has 1 aliphatic rings. The molecule has 0 aliphatic carbocycles.